The molecule has 168 valence electrons. The van der Waals surface area contributed by atoms with Gasteiger partial charge in [0.1, 0.15) is 12.1 Å². The van der Waals surface area contributed by atoms with E-state index in [1.807, 2.05) is 13.8 Å². The predicted octanol–water partition coefficient (Wildman–Crippen LogP) is 3.69. The van der Waals surface area contributed by atoms with Crippen molar-refractivity contribution in [1.29, 1.82) is 0 Å². The molecule has 1 aromatic carbocycles. The number of likely N-dealkylation sites (tertiary alicyclic amines) is 1. The Balaban J connectivity index is 1.74. The number of carbonyl (C=O) groups is 2. The minimum absolute atomic E-state index is 0.131. The van der Waals surface area contributed by atoms with Crippen LogP contribution in [-0.2, 0) is 16.6 Å². The average molecular weight is 436 g/mol. The molecule has 6 nitrogen and oxygen atoms in total. The normalized spacial score (nSPS) is 17.4. The van der Waals surface area contributed by atoms with Crippen molar-refractivity contribution in [2.75, 3.05) is 6.54 Å². The minimum Gasteiger partial charge on any atom is -0.342 e. The van der Waals surface area contributed by atoms with Crippen LogP contribution in [-0.4, -0.2) is 45.5 Å². The van der Waals surface area contributed by atoms with Crippen molar-refractivity contribution >= 4 is 11.8 Å². The van der Waals surface area contributed by atoms with Gasteiger partial charge in [-0.25, -0.2) is 8.78 Å². The molecular weight excluding hydrogens is 409 g/mol. The summed E-state index contributed by atoms with van der Waals surface area (Å²) < 4.78 is 42.3. The fourth-order valence-corrected chi connectivity index (χ4v) is 3.91. The third-order valence-electron chi connectivity index (χ3n) is 5.42. The molecule has 2 aromatic rings. The number of aromatic nitrogens is 2. The van der Waals surface area contributed by atoms with E-state index < -0.39 is 30.4 Å². The summed E-state index contributed by atoms with van der Waals surface area (Å²) in [5.74, 6) is -1.18. The van der Waals surface area contributed by atoms with Gasteiger partial charge in [0.15, 0.2) is 0 Å². The summed E-state index contributed by atoms with van der Waals surface area (Å²) in [6, 6.07) is 5.14. The lowest BCUT2D eigenvalue weighted by Crippen LogP contribution is -2.48. The first-order valence-electron chi connectivity index (χ1n) is 10.3. The first-order chi connectivity index (χ1) is 14.7. The van der Waals surface area contributed by atoms with Gasteiger partial charge in [0.05, 0.1) is 5.69 Å². The van der Waals surface area contributed by atoms with Gasteiger partial charge in [-0.05, 0) is 29.9 Å². The number of halogens is 3. The van der Waals surface area contributed by atoms with Crippen molar-refractivity contribution in [2.24, 2.45) is 13.0 Å². The van der Waals surface area contributed by atoms with Crippen molar-refractivity contribution < 1.29 is 22.8 Å². The standard InChI is InChI=1S/C22H27F3N4O2/c1-13(2)11-19(30)29-10-4-5-16(29)22(31)26-20(21(24)25)15-8-6-14(7-9-15)17-12-18(23)27-28(17)3/h6-9,12-13,16,20-21H,4-5,10-11H2,1-3H3,(H,26,31). The first-order valence-corrected chi connectivity index (χ1v) is 10.3. The van der Waals surface area contributed by atoms with Gasteiger partial charge in [0.25, 0.3) is 6.43 Å². The van der Waals surface area contributed by atoms with Gasteiger partial charge >= 0.3 is 0 Å². The van der Waals surface area contributed by atoms with Crippen LogP contribution >= 0.6 is 0 Å². The molecule has 9 heteroatoms. The fraction of sp³-hybridized carbons (Fsp3) is 0.500. The van der Waals surface area contributed by atoms with Crippen LogP contribution in [0, 0.1) is 11.9 Å². The number of benzene rings is 1. The van der Waals surface area contributed by atoms with E-state index in [0.717, 1.165) is 0 Å². The molecule has 2 unspecified atom stereocenters. The smallest absolute Gasteiger partial charge is 0.262 e. The van der Waals surface area contributed by atoms with Crippen LogP contribution < -0.4 is 5.32 Å². The van der Waals surface area contributed by atoms with Crippen molar-refractivity contribution in [1.82, 2.24) is 20.0 Å². The number of carbonyl (C=O) groups excluding carboxylic acids is 2. The Labute approximate surface area is 179 Å². The maximum Gasteiger partial charge on any atom is 0.262 e. The number of amides is 2. The highest BCUT2D eigenvalue weighted by molar-refractivity contribution is 5.88. The van der Waals surface area contributed by atoms with E-state index in [1.165, 1.54) is 27.8 Å². The second kappa shape index (κ2) is 9.53. The largest absolute Gasteiger partial charge is 0.342 e. The summed E-state index contributed by atoms with van der Waals surface area (Å²) in [7, 11) is 1.59. The minimum atomic E-state index is -2.83. The molecule has 2 atom stereocenters. The van der Waals surface area contributed by atoms with E-state index in [9.17, 15) is 22.8 Å². The van der Waals surface area contributed by atoms with E-state index >= 15 is 0 Å². The maximum atomic E-state index is 13.8. The molecule has 1 aliphatic heterocycles. The molecule has 0 spiro atoms. The number of rotatable bonds is 7. The van der Waals surface area contributed by atoms with Crippen LogP contribution in [0.4, 0.5) is 13.2 Å². The monoisotopic (exact) mass is 436 g/mol. The number of alkyl halides is 2. The molecule has 1 N–H and O–H groups in total. The summed E-state index contributed by atoms with van der Waals surface area (Å²) in [6.45, 7) is 4.29. The highest BCUT2D eigenvalue weighted by Gasteiger charge is 2.36. The molecule has 1 saturated heterocycles. The molecule has 1 fully saturated rings. The SMILES string of the molecule is CC(C)CC(=O)N1CCCC1C(=O)NC(c1ccc(-c2cc(F)nn2C)cc1)C(F)F. The Morgan fingerprint density at radius 3 is 2.45 bits per heavy atom. The molecule has 0 radical (unpaired) electrons. The topological polar surface area (TPSA) is 67.2 Å². The molecule has 1 aromatic heterocycles. The highest BCUT2D eigenvalue weighted by Crippen LogP contribution is 2.27. The number of hydrogen-bond acceptors (Lipinski definition) is 3. The Bertz CT molecular complexity index is 927. The lowest BCUT2D eigenvalue weighted by Gasteiger charge is -2.27. The lowest BCUT2D eigenvalue weighted by molar-refractivity contribution is -0.139. The second-order valence-corrected chi connectivity index (χ2v) is 8.26. The lowest BCUT2D eigenvalue weighted by atomic mass is 10.0. The quantitative estimate of drug-likeness (QED) is 0.720. The van der Waals surface area contributed by atoms with Gasteiger partial charge in [0, 0.05) is 26.1 Å². The van der Waals surface area contributed by atoms with Gasteiger partial charge in [-0.2, -0.15) is 4.39 Å². The number of aryl methyl sites for hydroxylation is 1. The number of nitrogens with one attached hydrogen (secondary N) is 1. The Morgan fingerprint density at radius 2 is 1.90 bits per heavy atom. The molecule has 0 aliphatic carbocycles. The van der Waals surface area contributed by atoms with Crippen LogP contribution in [0.1, 0.15) is 44.7 Å². The third-order valence-corrected chi connectivity index (χ3v) is 5.42. The fourth-order valence-electron chi connectivity index (χ4n) is 3.91. The van der Waals surface area contributed by atoms with Crippen LogP contribution in [0.25, 0.3) is 11.3 Å². The second-order valence-electron chi connectivity index (χ2n) is 8.26. The molecule has 2 heterocycles. The van der Waals surface area contributed by atoms with E-state index in [2.05, 4.69) is 10.4 Å². The van der Waals surface area contributed by atoms with Crippen molar-refractivity contribution in [2.45, 2.75) is 51.6 Å². The van der Waals surface area contributed by atoms with E-state index in [1.54, 1.807) is 19.2 Å². The van der Waals surface area contributed by atoms with Crippen LogP contribution in [0.2, 0.25) is 0 Å². The third kappa shape index (κ3) is 5.26. The van der Waals surface area contributed by atoms with E-state index in [4.69, 9.17) is 0 Å². The molecule has 3 rings (SSSR count). The Kier molecular flexibility index (Phi) is 7.02. The highest BCUT2D eigenvalue weighted by atomic mass is 19.3. The van der Waals surface area contributed by atoms with E-state index in [0.29, 0.717) is 37.1 Å². The molecule has 0 saturated carbocycles. The van der Waals surface area contributed by atoms with Crippen LogP contribution in [0.5, 0.6) is 0 Å². The summed E-state index contributed by atoms with van der Waals surface area (Å²) in [5.41, 5.74) is 1.35. The summed E-state index contributed by atoms with van der Waals surface area (Å²) in [5, 5.41) is 6.06. The molecule has 2 amide bonds. The van der Waals surface area contributed by atoms with Gasteiger partial charge in [0.2, 0.25) is 17.8 Å². The molecule has 1 aliphatic rings. The molecular formula is C22H27F3N4O2. The average Bonchev–Trinajstić information content (AvgIpc) is 3.32. The first kappa shape index (κ1) is 22.8. The van der Waals surface area contributed by atoms with Gasteiger partial charge in [-0.3, -0.25) is 14.3 Å². The van der Waals surface area contributed by atoms with Crippen molar-refractivity contribution in [3.8, 4) is 11.3 Å². The zero-order chi connectivity index (χ0) is 22.7. The van der Waals surface area contributed by atoms with Gasteiger partial charge in [-0.15, -0.1) is 5.10 Å². The van der Waals surface area contributed by atoms with Gasteiger partial charge in [-0.1, -0.05) is 38.1 Å². The summed E-state index contributed by atoms with van der Waals surface area (Å²) in [4.78, 5) is 26.7. The van der Waals surface area contributed by atoms with Crippen molar-refractivity contribution in [3.05, 3.63) is 41.8 Å². The Hall–Kier alpha value is -2.84. The Morgan fingerprint density at radius 1 is 1.23 bits per heavy atom. The van der Waals surface area contributed by atoms with Crippen LogP contribution in [0.3, 0.4) is 0 Å². The van der Waals surface area contributed by atoms with Gasteiger partial charge < -0.3 is 10.2 Å². The zero-order valence-corrected chi connectivity index (χ0v) is 17.8. The van der Waals surface area contributed by atoms with Crippen LogP contribution in [0.15, 0.2) is 30.3 Å². The predicted molar refractivity (Wildman–Crippen MR) is 110 cm³/mol. The summed E-state index contributed by atoms with van der Waals surface area (Å²) in [6.07, 6.45) is -1.39. The van der Waals surface area contributed by atoms with E-state index in [-0.39, 0.29) is 17.4 Å². The maximum absolute atomic E-state index is 13.8. The zero-order valence-electron chi connectivity index (χ0n) is 17.8. The van der Waals surface area contributed by atoms with Crippen molar-refractivity contribution in [3.63, 3.8) is 0 Å². The number of hydrogen-bond donors (Lipinski definition) is 1. The molecule has 31 heavy (non-hydrogen) atoms. The summed E-state index contributed by atoms with van der Waals surface area (Å²) >= 11 is 0. The molecule has 0 bridgehead atoms. The number of nitrogens with zero attached hydrogens (tertiary/aromatic N) is 3.